The molecule has 0 aliphatic heterocycles. The molecule has 0 radical (unpaired) electrons. The number of amides is 1. The fourth-order valence-corrected chi connectivity index (χ4v) is 3.36. The van der Waals surface area contributed by atoms with Crippen molar-refractivity contribution < 1.29 is 9.53 Å². The molecule has 0 unspecified atom stereocenters. The number of benzene rings is 1. The summed E-state index contributed by atoms with van der Waals surface area (Å²) < 4.78 is 5.41. The number of hydrogen-bond acceptors (Lipinski definition) is 5. The van der Waals surface area contributed by atoms with E-state index in [1.807, 2.05) is 44.4 Å². The fourth-order valence-electron chi connectivity index (χ4n) is 2.66. The van der Waals surface area contributed by atoms with Crippen LogP contribution in [-0.2, 0) is 4.79 Å². The number of aryl methyl sites for hydroxylation is 1. The van der Waals surface area contributed by atoms with Crippen LogP contribution in [0.5, 0.6) is 5.75 Å². The van der Waals surface area contributed by atoms with Gasteiger partial charge in [-0.3, -0.25) is 4.79 Å². The lowest BCUT2D eigenvalue weighted by molar-refractivity contribution is -0.125. The standard InChI is InChI=1S/C18H25N3O2S.ClH/c1-5-18(6-2,11-19)16(22)21-17-20-14(10-24-17)13-9-12(3)7-8-15(13)23-4;/h7-10H,5-6,11,19H2,1-4H3,(H,20,21,22);1H. The molecule has 0 aliphatic rings. The molecule has 0 aliphatic carbocycles. The summed E-state index contributed by atoms with van der Waals surface area (Å²) in [6.45, 7) is 6.33. The van der Waals surface area contributed by atoms with E-state index in [4.69, 9.17) is 10.5 Å². The summed E-state index contributed by atoms with van der Waals surface area (Å²) in [5, 5.41) is 5.43. The predicted molar refractivity (Wildman–Crippen MR) is 107 cm³/mol. The third-order valence-corrected chi connectivity index (χ3v) is 5.34. The van der Waals surface area contributed by atoms with Crippen molar-refractivity contribution in [2.75, 3.05) is 19.0 Å². The molecular weight excluding hydrogens is 358 g/mol. The summed E-state index contributed by atoms with van der Waals surface area (Å²) in [6, 6.07) is 5.95. The molecule has 0 bridgehead atoms. The van der Waals surface area contributed by atoms with Crippen LogP contribution in [0.1, 0.15) is 32.3 Å². The van der Waals surface area contributed by atoms with Gasteiger partial charge in [0.25, 0.3) is 0 Å². The van der Waals surface area contributed by atoms with E-state index >= 15 is 0 Å². The Morgan fingerprint density at radius 1 is 1.36 bits per heavy atom. The van der Waals surface area contributed by atoms with Gasteiger partial charge in [0.15, 0.2) is 5.13 Å². The third kappa shape index (κ3) is 4.51. The topological polar surface area (TPSA) is 77.2 Å². The number of nitrogens with one attached hydrogen (secondary N) is 1. The number of rotatable bonds is 7. The van der Waals surface area contributed by atoms with Crippen LogP contribution >= 0.6 is 23.7 Å². The molecule has 1 aromatic heterocycles. The monoisotopic (exact) mass is 383 g/mol. The van der Waals surface area contributed by atoms with Crippen molar-refractivity contribution in [1.82, 2.24) is 4.98 Å². The maximum absolute atomic E-state index is 12.6. The first-order valence-electron chi connectivity index (χ1n) is 8.11. The number of methoxy groups -OCH3 is 1. The molecule has 0 saturated carbocycles. The average molecular weight is 384 g/mol. The Bertz CT molecular complexity index is 706. The van der Waals surface area contributed by atoms with E-state index in [0.29, 0.717) is 24.5 Å². The lowest BCUT2D eigenvalue weighted by Gasteiger charge is -2.27. The molecule has 25 heavy (non-hydrogen) atoms. The van der Waals surface area contributed by atoms with Gasteiger partial charge in [0.2, 0.25) is 5.91 Å². The van der Waals surface area contributed by atoms with E-state index < -0.39 is 5.41 Å². The van der Waals surface area contributed by atoms with E-state index in [-0.39, 0.29) is 18.3 Å². The van der Waals surface area contributed by atoms with Crippen molar-refractivity contribution >= 4 is 34.8 Å². The minimum absolute atomic E-state index is 0. The molecule has 1 heterocycles. The number of anilines is 1. The normalized spacial score (nSPS) is 10.9. The zero-order valence-electron chi connectivity index (χ0n) is 15.1. The van der Waals surface area contributed by atoms with Gasteiger partial charge < -0.3 is 15.8 Å². The summed E-state index contributed by atoms with van der Waals surface area (Å²) in [4.78, 5) is 17.2. The molecule has 0 spiro atoms. The van der Waals surface area contributed by atoms with Crippen molar-refractivity contribution in [1.29, 1.82) is 0 Å². The van der Waals surface area contributed by atoms with Gasteiger partial charge in [-0.15, -0.1) is 23.7 Å². The molecule has 5 nitrogen and oxygen atoms in total. The van der Waals surface area contributed by atoms with Crippen LogP contribution in [0.25, 0.3) is 11.3 Å². The van der Waals surface area contributed by atoms with E-state index in [0.717, 1.165) is 22.6 Å². The molecule has 7 heteroatoms. The van der Waals surface area contributed by atoms with E-state index in [1.165, 1.54) is 11.3 Å². The first-order valence-corrected chi connectivity index (χ1v) is 8.99. The van der Waals surface area contributed by atoms with Crippen LogP contribution in [-0.4, -0.2) is 24.5 Å². The minimum Gasteiger partial charge on any atom is -0.496 e. The summed E-state index contributed by atoms with van der Waals surface area (Å²) in [6.07, 6.45) is 1.41. The van der Waals surface area contributed by atoms with Gasteiger partial charge in [0, 0.05) is 17.5 Å². The molecule has 1 aromatic carbocycles. The highest BCUT2D eigenvalue weighted by molar-refractivity contribution is 7.14. The molecule has 0 fully saturated rings. The molecular formula is C18H26ClN3O2S. The van der Waals surface area contributed by atoms with Gasteiger partial charge in [-0.1, -0.05) is 25.5 Å². The summed E-state index contributed by atoms with van der Waals surface area (Å²) in [5.74, 6) is 0.703. The van der Waals surface area contributed by atoms with Crippen LogP contribution < -0.4 is 15.8 Å². The maximum Gasteiger partial charge on any atom is 0.233 e. The zero-order chi connectivity index (χ0) is 17.7. The van der Waals surface area contributed by atoms with Crippen molar-refractivity contribution in [3.8, 4) is 17.0 Å². The van der Waals surface area contributed by atoms with Crippen molar-refractivity contribution in [2.24, 2.45) is 11.1 Å². The number of carbonyl (C=O) groups is 1. The van der Waals surface area contributed by atoms with E-state index in [1.54, 1.807) is 7.11 Å². The molecule has 0 saturated heterocycles. The summed E-state index contributed by atoms with van der Waals surface area (Å²) in [5.41, 5.74) is 8.15. The molecule has 138 valence electrons. The number of aromatic nitrogens is 1. The Kier molecular flexibility index (Phi) is 7.86. The summed E-state index contributed by atoms with van der Waals surface area (Å²) >= 11 is 1.41. The Morgan fingerprint density at radius 3 is 2.60 bits per heavy atom. The van der Waals surface area contributed by atoms with Crippen molar-refractivity contribution in [3.05, 3.63) is 29.1 Å². The van der Waals surface area contributed by atoms with Crippen LogP contribution in [0.4, 0.5) is 5.13 Å². The first-order chi connectivity index (χ1) is 11.5. The average Bonchev–Trinajstić information content (AvgIpc) is 3.05. The van der Waals surface area contributed by atoms with E-state index in [9.17, 15) is 4.79 Å². The fraction of sp³-hybridized carbons (Fsp3) is 0.444. The highest BCUT2D eigenvalue weighted by Gasteiger charge is 2.33. The highest BCUT2D eigenvalue weighted by Crippen LogP contribution is 2.34. The largest absolute Gasteiger partial charge is 0.496 e. The molecule has 2 aromatic rings. The maximum atomic E-state index is 12.6. The van der Waals surface area contributed by atoms with Crippen LogP contribution in [0.2, 0.25) is 0 Å². The lowest BCUT2D eigenvalue weighted by Crippen LogP contribution is -2.41. The number of thiazole rings is 1. The van der Waals surface area contributed by atoms with Gasteiger partial charge in [-0.05, 0) is 31.9 Å². The van der Waals surface area contributed by atoms with Gasteiger partial charge in [0.1, 0.15) is 5.75 Å². The second kappa shape index (κ2) is 9.17. The molecule has 2 rings (SSSR count). The Hall–Kier alpha value is -1.63. The third-order valence-electron chi connectivity index (χ3n) is 4.58. The van der Waals surface area contributed by atoms with Crippen LogP contribution in [0, 0.1) is 12.3 Å². The van der Waals surface area contributed by atoms with Gasteiger partial charge in [0.05, 0.1) is 18.2 Å². The smallest absolute Gasteiger partial charge is 0.233 e. The predicted octanol–water partition coefficient (Wildman–Crippen LogP) is 4.25. The first kappa shape index (κ1) is 21.4. The second-order valence-corrected chi connectivity index (χ2v) is 6.75. The van der Waals surface area contributed by atoms with Gasteiger partial charge >= 0.3 is 0 Å². The number of carbonyl (C=O) groups excluding carboxylic acids is 1. The molecule has 1 amide bonds. The van der Waals surface area contributed by atoms with Gasteiger partial charge in [-0.25, -0.2) is 4.98 Å². The molecule has 0 atom stereocenters. The van der Waals surface area contributed by atoms with Gasteiger partial charge in [-0.2, -0.15) is 0 Å². The zero-order valence-corrected chi connectivity index (χ0v) is 16.7. The summed E-state index contributed by atoms with van der Waals surface area (Å²) in [7, 11) is 1.64. The van der Waals surface area contributed by atoms with Crippen LogP contribution in [0.3, 0.4) is 0 Å². The number of nitrogens with zero attached hydrogens (tertiary/aromatic N) is 1. The number of nitrogens with two attached hydrogens (primary N) is 1. The second-order valence-electron chi connectivity index (χ2n) is 5.89. The molecule has 3 N–H and O–H groups in total. The SMILES string of the molecule is CCC(CC)(CN)C(=O)Nc1nc(-c2cc(C)ccc2OC)cs1.Cl. The lowest BCUT2D eigenvalue weighted by atomic mass is 9.81. The number of ether oxygens (including phenoxy) is 1. The van der Waals surface area contributed by atoms with Crippen LogP contribution in [0.15, 0.2) is 23.6 Å². The van der Waals surface area contributed by atoms with Crippen molar-refractivity contribution in [2.45, 2.75) is 33.6 Å². The quantitative estimate of drug-likeness (QED) is 0.749. The minimum atomic E-state index is -0.535. The Balaban J connectivity index is 0.00000312. The van der Waals surface area contributed by atoms with Crippen molar-refractivity contribution in [3.63, 3.8) is 0 Å². The number of hydrogen-bond donors (Lipinski definition) is 2. The highest BCUT2D eigenvalue weighted by atomic mass is 35.5. The number of halogens is 1. The van der Waals surface area contributed by atoms with E-state index in [2.05, 4.69) is 10.3 Å². The Morgan fingerprint density at radius 2 is 2.04 bits per heavy atom. The Labute approximate surface area is 159 Å².